The highest BCUT2D eigenvalue weighted by molar-refractivity contribution is 6.02. The van der Waals surface area contributed by atoms with E-state index >= 15 is 0 Å². The Morgan fingerprint density at radius 2 is 1.30 bits per heavy atom. The molecule has 2 N–H and O–H groups in total. The summed E-state index contributed by atoms with van der Waals surface area (Å²) in [4.78, 5) is 0. The van der Waals surface area contributed by atoms with Crippen molar-refractivity contribution in [2.75, 3.05) is 0 Å². The lowest BCUT2D eigenvalue weighted by Crippen LogP contribution is -1.83. The highest BCUT2D eigenvalue weighted by Crippen LogP contribution is 2.45. The van der Waals surface area contributed by atoms with Crippen LogP contribution in [0.4, 0.5) is 0 Å². The van der Waals surface area contributed by atoms with Gasteiger partial charge in [0.25, 0.3) is 0 Å². The number of hydrogen-bond acceptors (Lipinski definition) is 1. The maximum absolute atomic E-state index is 5.52. The van der Waals surface area contributed by atoms with Crippen LogP contribution in [0.25, 0.3) is 27.8 Å². The van der Waals surface area contributed by atoms with Gasteiger partial charge in [-0.2, -0.15) is 0 Å². The minimum Gasteiger partial charge on any atom is -0.405 e. The van der Waals surface area contributed by atoms with Crippen LogP contribution in [0.2, 0.25) is 0 Å². The SMILES string of the molecule is N/C=C/C=C1\c2ccccc2-c2cc(-c3ccccc3)ccc21. The predicted molar refractivity (Wildman–Crippen MR) is 97.7 cm³/mol. The maximum atomic E-state index is 5.52. The van der Waals surface area contributed by atoms with Crippen LogP contribution in [0, 0.1) is 0 Å². The monoisotopic (exact) mass is 295 g/mol. The Morgan fingerprint density at radius 3 is 2.09 bits per heavy atom. The Morgan fingerprint density at radius 1 is 0.609 bits per heavy atom. The molecule has 0 atom stereocenters. The summed E-state index contributed by atoms with van der Waals surface area (Å²) in [6, 6.07) is 25.7. The Balaban J connectivity index is 1.93. The second-order valence-corrected chi connectivity index (χ2v) is 5.64. The van der Waals surface area contributed by atoms with Crippen molar-refractivity contribution in [1.82, 2.24) is 0 Å². The molecule has 4 rings (SSSR count). The van der Waals surface area contributed by atoms with Crippen LogP contribution < -0.4 is 5.73 Å². The molecule has 0 saturated carbocycles. The molecule has 0 fully saturated rings. The van der Waals surface area contributed by atoms with Gasteiger partial charge in [-0.1, -0.05) is 72.8 Å². The van der Waals surface area contributed by atoms with E-state index in [1.807, 2.05) is 12.1 Å². The first-order chi connectivity index (χ1) is 11.4. The van der Waals surface area contributed by atoms with Gasteiger partial charge in [0.1, 0.15) is 0 Å². The van der Waals surface area contributed by atoms with Crippen molar-refractivity contribution in [3.05, 3.63) is 102 Å². The lowest BCUT2D eigenvalue weighted by atomic mass is 9.98. The molecule has 0 amide bonds. The molecule has 0 bridgehead atoms. The quantitative estimate of drug-likeness (QED) is 0.538. The number of allylic oxidation sites excluding steroid dienone is 2. The summed E-state index contributed by atoms with van der Waals surface area (Å²) in [6.45, 7) is 0. The highest BCUT2D eigenvalue weighted by atomic mass is 14.5. The molecule has 0 aromatic heterocycles. The lowest BCUT2D eigenvalue weighted by molar-refractivity contribution is 1.59. The molecule has 0 radical (unpaired) electrons. The van der Waals surface area contributed by atoms with Gasteiger partial charge in [-0.05, 0) is 57.3 Å². The molecule has 1 heteroatoms. The largest absolute Gasteiger partial charge is 0.405 e. The summed E-state index contributed by atoms with van der Waals surface area (Å²) in [7, 11) is 0. The van der Waals surface area contributed by atoms with E-state index in [-0.39, 0.29) is 0 Å². The molecule has 3 aromatic carbocycles. The van der Waals surface area contributed by atoms with E-state index in [9.17, 15) is 0 Å². The fraction of sp³-hybridized carbons (Fsp3) is 0. The van der Waals surface area contributed by atoms with Gasteiger partial charge >= 0.3 is 0 Å². The van der Waals surface area contributed by atoms with E-state index in [4.69, 9.17) is 5.73 Å². The van der Waals surface area contributed by atoms with Crippen molar-refractivity contribution in [2.24, 2.45) is 5.73 Å². The maximum Gasteiger partial charge on any atom is -0.00622 e. The summed E-state index contributed by atoms with van der Waals surface area (Å²) in [6.07, 6.45) is 5.56. The van der Waals surface area contributed by atoms with Gasteiger partial charge in [-0.3, -0.25) is 0 Å². The number of hydrogen-bond donors (Lipinski definition) is 1. The van der Waals surface area contributed by atoms with Gasteiger partial charge in [0.2, 0.25) is 0 Å². The van der Waals surface area contributed by atoms with Gasteiger partial charge in [0, 0.05) is 0 Å². The van der Waals surface area contributed by atoms with Crippen LogP contribution in [0.15, 0.2) is 91.1 Å². The summed E-state index contributed by atoms with van der Waals surface area (Å²) < 4.78 is 0. The van der Waals surface area contributed by atoms with Crippen LogP contribution in [-0.2, 0) is 0 Å². The molecule has 110 valence electrons. The molecule has 0 spiro atoms. The first-order valence-corrected chi connectivity index (χ1v) is 7.76. The summed E-state index contributed by atoms with van der Waals surface area (Å²) in [5, 5.41) is 0. The van der Waals surface area contributed by atoms with Crippen LogP contribution >= 0.6 is 0 Å². The normalized spacial score (nSPS) is 14.2. The smallest absolute Gasteiger partial charge is 0.00622 e. The first-order valence-electron chi connectivity index (χ1n) is 7.76. The molecular weight excluding hydrogens is 278 g/mol. The van der Waals surface area contributed by atoms with Crippen molar-refractivity contribution in [1.29, 1.82) is 0 Å². The third-order valence-corrected chi connectivity index (χ3v) is 4.30. The third-order valence-electron chi connectivity index (χ3n) is 4.30. The molecular formula is C22H17N. The lowest BCUT2D eigenvalue weighted by Gasteiger charge is -2.06. The zero-order valence-electron chi connectivity index (χ0n) is 12.7. The van der Waals surface area contributed by atoms with Crippen molar-refractivity contribution in [3.63, 3.8) is 0 Å². The molecule has 0 unspecified atom stereocenters. The third kappa shape index (κ3) is 2.27. The van der Waals surface area contributed by atoms with Crippen molar-refractivity contribution in [2.45, 2.75) is 0 Å². The number of rotatable bonds is 2. The van der Waals surface area contributed by atoms with E-state index in [0.717, 1.165) is 0 Å². The minimum atomic E-state index is 1.23. The zero-order valence-corrected chi connectivity index (χ0v) is 12.7. The van der Waals surface area contributed by atoms with Crippen molar-refractivity contribution >= 4 is 5.57 Å². The number of fused-ring (bicyclic) bond motifs is 3. The van der Waals surface area contributed by atoms with Gasteiger partial charge in [-0.25, -0.2) is 0 Å². The van der Waals surface area contributed by atoms with E-state index in [1.54, 1.807) is 6.20 Å². The molecule has 1 aliphatic rings. The summed E-state index contributed by atoms with van der Waals surface area (Å²) in [5.41, 5.74) is 14.4. The van der Waals surface area contributed by atoms with Crippen LogP contribution in [0.1, 0.15) is 11.1 Å². The van der Waals surface area contributed by atoms with E-state index in [1.165, 1.54) is 39.0 Å². The molecule has 0 saturated heterocycles. The van der Waals surface area contributed by atoms with E-state index in [0.29, 0.717) is 0 Å². The Hall–Kier alpha value is -3.06. The topological polar surface area (TPSA) is 26.0 Å². The molecule has 1 nitrogen and oxygen atoms in total. The number of benzene rings is 3. The summed E-state index contributed by atoms with van der Waals surface area (Å²) >= 11 is 0. The van der Waals surface area contributed by atoms with Crippen LogP contribution in [0.5, 0.6) is 0 Å². The molecule has 23 heavy (non-hydrogen) atoms. The van der Waals surface area contributed by atoms with E-state index < -0.39 is 0 Å². The van der Waals surface area contributed by atoms with Crippen molar-refractivity contribution < 1.29 is 0 Å². The molecule has 1 aliphatic carbocycles. The Bertz CT molecular complexity index is 918. The fourth-order valence-electron chi connectivity index (χ4n) is 3.24. The molecule has 0 heterocycles. The highest BCUT2D eigenvalue weighted by Gasteiger charge is 2.22. The van der Waals surface area contributed by atoms with E-state index in [2.05, 4.69) is 72.8 Å². The Labute approximate surface area is 136 Å². The zero-order chi connectivity index (χ0) is 15.6. The number of nitrogens with two attached hydrogens (primary N) is 1. The average Bonchev–Trinajstić information content (AvgIpc) is 2.94. The van der Waals surface area contributed by atoms with Crippen LogP contribution in [0.3, 0.4) is 0 Å². The summed E-state index contributed by atoms with van der Waals surface area (Å²) in [5.74, 6) is 0. The fourth-order valence-corrected chi connectivity index (χ4v) is 3.24. The van der Waals surface area contributed by atoms with Gasteiger partial charge in [0.05, 0.1) is 0 Å². The molecule has 3 aromatic rings. The minimum absolute atomic E-state index is 1.23. The van der Waals surface area contributed by atoms with Gasteiger partial charge in [0.15, 0.2) is 0 Å². The van der Waals surface area contributed by atoms with Crippen LogP contribution in [-0.4, -0.2) is 0 Å². The standard InChI is InChI=1S/C22H17N/c23-14-6-11-19-18-9-4-5-10-20(18)22-15-17(12-13-21(19)22)16-7-2-1-3-8-16/h1-15H,23H2/b14-6+,19-11+. The first kappa shape index (κ1) is 13.6. The molecule has 0 aliphatic heterocycles. The average molecular weight is 295 g/mol. The second-order valence-electron chi connectivity index (χ2n) is 5.64. The predicted octanol–water partition coefficient (Wildman–Crippen LogP) is 5.24. The van der Waals surface area contributed by atoms with Gasteiger partial charge in [-0.15, -0.1) is 0 Å². The van der Waals surface area contributed by atoms with Gasteiger partial charge < -0.3 is 5.73 Å². The Kier molecular flexibility index (Phi) is 3.32. The van der Waals surface area contributed by atoms with Crippen molar-refractivity contribution in [3.8, 4) is 22.3 Å². The second kappa shape index (κ2) is 5.62.